The van der Waals surface area contributed by atoms with Crippen molar-refractivity contribution in [1.29, 1.82) is 0 Å². The molecule has 1 aliphatic rings. The quantitative estimate of drug-likeness (QED) is 0.831. The van der Waals surface area contributed by atoms with E-state index in [0.717, 1.165) is 4.31 Å². The summed E-state index contributed by atoms with van der Waals surface area (Å²) in [6.07, 6.45) is 0. The lowest BCUT2D eigenvalue weighted by atomic mass is 10.2. The second kappa shape index (κ2) is 6.96. The van der Waals surface area contributed by atoms with Crippen LogP contribution in [0.15, 0.2) is 27.6 Å². The SMILES string of the molecule is Cc1noc(C)c1S(=O)(=O)N(C)CC(=O)Nc1ccc2c(c1)OCCO2. The average Bonchev–Trinajstić information content (AvgIpc) is 2.93. The molecule has 0 bridgehead atoms. The van der Waals surface area contributed by atoms with E-state index in [-0.39, 0.29) is 22.9 Å². The molecule has 0 atom stereocenters. The third kappa shape index (κ3) is 3.51. The van der Waals surface area contributed by atoms with Gasteiger partial charge in [-0.1, -0.05) is 5.16 Å². The normalized spacial score (nSPS) is 13.7. The van der Waals surface area contributed by atoms with Crippen molar-refractivity contribution in [2.24, 2.45) is 0 Å². The Labute approximate surface area is 150 Å². The van der Waals surface area contributed by atoms with E-state index >= 15 is 0 Å². The molecule has 0 fully saturated rings. The molecule has 0 unspecified atom stereocenters. The van der Waals surface area contributed by atoms with Gasteiger partial charge in [0.05, 0.1) is 6.54 Å². The molecule has 1 amide bonds. The van der Waals surface area contributed by atoms with Crippen LogP contribution in [-0.2, 0) is 14.8 Å². The predicted octanol–water partition coefficient (Wildman–Crippen LogP) is 1.32. The summed E-state index contributed by atoms with van der Waals surface area (Å²) in [6.45, 7) is 3.59. The topological polar surface area (TPSA) is 111 Å². The first-order valence-electron chi connectivity index (χ1n) is 7.88. The number of ether oxygens (including phenoxy) is 2. The average molecular weight is 381 g/mol. The monoisotopic (exact) mass is 381 g/mol. The molecule has 0 aliphatic carbocycles. The van der Waals surface area contributed by atoms with Crippen molar-refractivity contribution in [2.45, 2.75) is 18.7 Å². The molecule has 2 aromatic rings. The fraction of sp³-hybridized carbons (Fsp3) is 0.375. The van der Waals surface area contributed by atoms with E-state index in [2.05, 4.69) is 10.5 Å². The van der Waals surface area contributed by atoms with E-state index in [4.69, 9.17) is 14.0 Å². The number of carbonyl (C=O) groups is 1. The van der Waals surface area contributed by atoms with E-state index in [1.165, 1.54) is 20.9 Å². The van der Waals surface area contributed by atoms with Crippen molar-refractivity contribution < 1.29 is 27.2 Å². The third-order valence-electron chi connectivity index (χ3n) is 3.83. The van der Waals surface area contributed by atoms with Crippen LogP contribution in [0.25, 0.3) is 0 Å². The highest BCUT2D eigenvalue weighted by Gasteiger charge is 2.29. The Kier molecular flexibility index (Phi) is 4.88. The number of aryl methyl sites for hydroxylation is 2. The van der Waals surface area contributed by atoms with E-state index in [0.29, 0.717) is 30.4 Å². The minimum absolute atomic E-state index is 0.0212. The lowest BCUT2D eigenvalue weighted by molar-refractivity contribution is -0.116. The molecule has 0 spiro atoms. The number of rotatable bonds is 5. The molecule has 0 radical (unpaired) electrons. The van der Waals surface area contributed by atoms with Gasteiger partial charge in [0.1, 0.15) is 23.8 Å². The third-order valence-corrected chi connectivity index (χ3v) is 5.88. The standard InChI is InChI=1S/C16H19N3O6S/c1-10-16(11(2)25-18-10)26(21,22)19(3)9-15(20)17-12-4-5-13-14(8-12)24-7-6-23-13/h4-5,8H,6-7,9H2,1-3H3,(H,17,20). The van der Waals surface area contributed by atoms with Crippen molar-refractivity contribution in [3.05, 3.63) is 29.7 Å². The summed E-state index contributed by atoms with van der Waals surface area (Å²) < 4.78 is 42.0. The molecule has 0 saturated carbocycles. The van der Waals surface area contributed by atoms with Crippen molar-refractivity contribution in [3.8, 4) is 11.5 Å². The van der Waals surface area contributed by atoms with Crippen LogP contribution in [-0.4, -0.2) is 50.6 Å². The van der Waals surface area contributed by atoms with Crippen LogP contribution in [0, 0.1) is 13.8 Å². The van der Waals surface area contributed by atoms with Crippen LogP contribution in [0.5, 0.6) is 11.5 Å². The summed E-state index contributed by atoms with van der Waals surface area (Å²) in [5.74, 6) is 0.833. The molecular weight excluding hydrogens is 362 g/mol. The highest BCUT2D eigenvalue weighted by molar-refractivity contribution is 7.89. The van der Waals surface area contributed by atoms with Gasteiger partial charge in [-0.3, -0.25) is 4.79 Å². The van der Waals surface area contributed by atoms with Gasteiger partial charge in [-0.2, -0.15) is 4.31 Å². The Bertz CT molecular complexity index is 918. The Morgan fingerprint density at radius 2 is 1.92 bits per heavy atom. The van der Waals surface area contributed by atoms with Gasteiger partial charge in [0.2, 0.25) is 15.9 Å². The van der Waals surface area contributed by atoms with E-state index in [9.17, 15) is 13.2 Å². The molecule has 1 aromatic carbocycles. The van der Waals surface area contributed by atoms with Crippen molar-refractivity contribution in [1.82, 2.24) is 9.46 Å². The Morgan fingerprint density at radius 3 is 2.58 bits per heavy atom. The molecule has 1 aromatic heterocycles. The molecule has 9 nitrogen and oxygen atoms in total. The molecule has 1 aliphatic heterocycles. The Balaban J connectivity index is 1.70. The maximum Gasteiger partial charge on any atom is 0.248 e. The summed E-state index contributed by atoms with van der Waals surface area (Å²) >= 11 is 0. The predicted molar refractivity (Wildman–Crippen MR) is 91.9 cm³/mol. The second-order valence-electron chi connectivity index (χ2n) is 5.82. The van der Waals surface area contributed by atoms with E-state index in [1.54, 1.807) is 18.2 Å². The zero-order chi connectivity index (χ0) is 18.9. The summed E-state index contributed by atoms with van der Waals surface area (Å²) in [5.41, 5.74) is 0.740. The smallest absolute Gasteiger partial charge is 0.248 e. The zero-order valence-electron chi connectivity index (χ0n) is 14.6. The molecule has 0 saturated heterocycles. The number of anilines is 1. The van der Waals surface area contributed by atoms with Crippen LogP contribution in [0.3, 0.4) is 0 Å². The molecule has 10 heteroatoms. The highest BCUT2D eigenvalue weighted by atomic mass is 32.2. The fourth-order valence-corrected chi connectivity index (χ4v) is 4.02. The van der Waals surface area contributed by atoms with Crippen LogP contribution < -0.4 is 14.8 Å². The zero-order valence-corrected chi connectivity index (χ0v) is 15.4. The summed E-state index contributed by atoms with van der Waals surface area (Å²) in [5, 5.41) is 6.30. The first-order valence-corrected chi connectivity index (χ1v) is 9.32. The molecule has 26 heavy (non-hydrogen) atoms. The minimum Gasteiger partial charge on any atom is -0.486 e. The van der Waals surface area contributed by atoms with Crippen molar-refractivity contribution in [2.75, 3.05) is 32.1 Å². The number of carbonyl (C=O) groups excluding carboxylic acids is 1. The maximum atomic E-state index is 12.6. The van der Waals surface area contributed by atoms with Gasteiger partial charge in [0, 0.05) is 18.8 Å². The number of hydrogen-bond donors (Lipinski definition) is 1. The molecule has 3 rings (SSSR count). The molecular formula is C16H19N3O6S. The Morgan fingerprint density at radius 1 is 1.23 bits per heavy atom. The molecule has 2 heterocycles. The fourth-order valence-electron chi connectivity index (χ4n) is 2.61. The number of amides is 1. The van der Waals surface area contributed by atoms with Gasteiger partial charge in [0.25, 0.3) is 0 Å². The van der Waals surface area contributed by atoms with Crippen LogP contribution in [0.1, 0.15) is 11.5 Å². The molecule has 1 N–H and O–H groups in total. The van der Waals surface area contributed by atoms with Crippen molar-refractivity contribution >= 4 is 21.6 Å². The maximum absolute atomic E-state index is 12.6. The number of fused-ring (bicyclic) bond motifs is 1. The van der Waals surface area contributed by atoms with E-state index in [1.807, 2.05) is 0 Å². The first kappa shape index (κ1) is 18.2. The largest absolute Gasteiger partial charge is 0.486 e. The van der Waals surface area contributed by atoms with Crippen LogP contribution in [0.2, 0.25) is 0 Å². The lowest BCUT2D eigenvalue weighted by Gasteiger charge is -2.19. The molecule has 140 valence electrons. The number of sulfonamides is 1. The number of nitrogens with one attached hydrogen (secondary N) is 1. The van der Waals surface area contributed by atoms with Gasteiger partial charge in [-0.05, 0) is 26.0 Å². The summed E-state index contributed by atoms with van der Waals surface area (Å²) in [7, 11) is -2.56. The highest BCUT2D eigenvalue weighted by Crippen LogP contribution is 2.32. The van der Waals surface area contributed by atoms with Gasteiger partial charge in [-0.25, -0.2) is 8.42 Å². The van der Waals surface area contributed by atoms with Crippen molar-refractivity contribution in [3.63, 3.8) is 0 Å². The van der Waals surface area contributed by atoms with Gasteiger partial charge in [0.15, 0.2) is 17.3 Å². The summed E-state index contributed by atoms with van der Waals surface area (Å²) in [4.78, 5) is 12.2. The van der Waals surface area contributed by atoms with Gasteiger partial charge in [-0.15, -0.1) is 0 Å². The number of benzene rings is 1. The minimum atomic E-state index is -3.89. The number of likely N-dealkylation sites (N-methyl/N-ethyl adjacent to an activating group) is 1. The Hall–Kier alpha value is -2.59. The van der Waals surface area contributed by atoms with E-state index < -0.39 is 15.9 Å². The number of nitrogens with zero attached hydrogens (tertiary/aromatic N) is 2. The number of hydrogen-bond acceptors (Lipinski definition) is 7. The van der Waals surface area contributed by atoms with Crippen LogP contribution >= 0.6 is 0 Å². The van der Waals surface area contributed by atoms with Crippen LogP contribution in [0.4, 0.5) is 5.69 Å². The number of aromatic nitrogens is 1. The lowest BCUT2D eigenvalue weighted by Crippen LogP contribution is -2.35. The summed E-state index contributed by atoms with van der Waals surface area (Å²) in [6, 6.07) is 4.98. The van der Waals surface area contributed by atoms with Gasteiger partial charge < -0.3 is 19.3 Å². The first-order chi connectivity index (χ1) is 12.3. The van der Waals surface area contributed by atoms with Gasteiger partial charge >= 0.3 is 0 Å². The second-order valence-corrected chi connectivity index (χ2v) is 7.80.